The van der Waals surface area contributed by atoms with Gasteiger partial charge in [0.2, 0.25) is 0 Å². The van der Waals surface area contributed by atoms with Gasteiger partial charge in [0, 0.05) is 18.3 Å². The number of nitrogens with zero attached hydrogens (tertiary/aromatic N) is 2. The minimum atomic E-state index is -0.292. The average molecular weight is 392 g/mol. The highest BCUT2D eigenvalue weighted by molar-refractivity contribution is 5.92. The molecular formula is C21H20N4O4. The Balaban J connectivity index is 1.35. The Morgan fingerprint density at radius 2 is 1.79 bits per heavy atom. The Bertz CT molecular complexity index is 991. The average Bonchev–Trinajstić information content (AvgIpc) is 2.78. The number of carbonyl (C=O) groups is 1. The summed E-state index contributed by atoms with van der Waals surface area (Å²) in [7, 11) is 1.61. The van der Waals surface area contributed by atoms with E-state index >= 15 is 0 Å². The summed E-state index contributed by atoms with van der Waals surface area (Å²) in [5, 5.41) is 14.0. The van der Waals surface area contributed by atoms with Gasteiger partial charge in [-0.15, -0.1) is 10.2 Å². The summed E-state index contributed by atoms with van der Waals surface area (Å²) in [6, 6.07) is 16.3. The van der Waals surface area contributed by atoms with E-state index in [0.29, 0.717) is 31.3 Å². The topological polar surface area (TPSA) is 94.6 Å². The van der Waals surface area contributed by atoms with E-state index in [9.17, 15) is 4.79 Å². The number of methoxy groups -OCH3 is 1. The van der Waals surface area contributed by atoms with Gasteiger partial charge in [-0.2, -0.15) is 0 Å². The third-order valence-corrected chi connectivity index (χ3v) is 4.32. The van der Waals surface area contributed by atoms with Gasteiger partial charge in [0.05, 0.1) is 7.11 Å². The number of rotatable bonds is 6. The predicted molar refractivity (Wildman–Crippen MR) is 107 cm³/mol. The maximum atomic E-state index is 12.3. The van der Waals surface area contributed by atoms with Crippen molar-refractivity contribution < 1.29 is 19.0 Å². The van der Waals surface area contributed by atoms with Gasteiger partial charge in [0.25, 0.3) is 5.91 Å². The van der Waals surface area contributed by atoms with Gasteiger partial charge >= 0.3 is 0 Å². The van der Waals surface area contributed by atoms with Crippen LogP contribution in [-0.4, -0.2) is 36.4 Å². The molecule has 2 heterocycles. The second kappa shape index (κ2) is 8.47. The summed E-state index contributed by atoms with van der Waals surface area (Å²) in [5.74, 6) is 2.40. The maximum absolute atomic E-state index is 12.3. The van der Waals surface area contributed by atoms with E-state index in [-0.39, 0.29) is 11.6 Å². The van der Waals surface area contributed by atoms with Crippen LogP contribution in [0.25, 0.3) is 0 Å². The van der Waals surface area contributed by atoms with Crippen molar-refractivity contribution in [2.75, 3.05) is 25.6 Å². The fraction of sp³-hybridized carbons (Fsp3) is 0.190. The summed E-state index contributed by atoms with van der Waals surface area (Å²) in [6.07, 6.45) is 0. The van der Waals surface area contributed by atoms with Crippen LogP contribution in [0, 0.1) is 0 Å². The van der Waals surface area contributed by atoms with E-state index in [1.54, 1.807) is 19.2 Å². The molecule has 29 heavy (non-hydrogen) atoms. The van der Waals surface area contributed by atoms with Gasteiger partial charge in [0.1, 0.15) is 19.0 Å². The second-order valence-electron chi connectivity index (χ2n) is 6.32. The minimum absolute atomic E-state index is 0.242. The van der Waals surface area contributed by atoms with Crippen molar-refractivity contribution in [1.82, 2.24) is 15.5 Å². The molecule has 1 aliphatic rings. The van der Waals surface area contributed by atoms with Crippen molar-refractivity contribution in [2.24, 2.45) is 0 Å². The van der Waals surface area contributed by atoms with Gasteiger partial charge < -0.3 is 24.8 Å². The maximum Gasteiger partial charge on any atom is 0.272 e. The SMILES string of the molecule is COc1ccc(CNC(=O)c2ccc(Nc3ccc4c(c3)OCCO4)nn2)cc1. The summed E-state index contributed by atoms with van der Waals surface area (Å²) < 4.78 is 16.2. The van der Waals surface area contributed by atoms with Crippen LogP contribution < -0.4 is 24.8 Å². The zero-order valence-electron chi connectivity index (χ0n) is 15.8. The van der Waals surface area contributed by atoms with E-state index in [1.165, 1.54) is 0 Å². The molecule has 148 valence electrons. The van der Waals surface area contributed by atoms with Crippen molar-refractivity contribution in [3.05, 3.63) is 65.9 Å². The van der Waals surface area contributed by atoms with Crippen LogP contribution in [0.1, 0.15) is 16.1 Å². The van der Waals surface area contributed by atoms with Crippen LogP contribution >= 0.6 is 0 Å². The number of benzene rings is 2. The first-order chi connectivity index (χ1) is 14.2. The summed E-state index contributed by atoms with van der Waals surface area (Å²) in [6.45, 7) is 1.46. The minimum Gasteiger partial charge on any atom is -0.497 e. The van der Waals surface area contributed by atoms with E-state index in [0.717, 1.165) is 22.7 Å². The molecule has 1 aromatic heterocycles. The molecule has 0 atom stereocenters. The molecular weight excluding hydrogens is 372 g/mol. The first kappa shape index (κ1) is 18.5. The highest BCUT2D eigenvalue weighted by Gasteiger charge is 2.12. The fourth-order valence-corrected chi connectivity index (χ4v) is 2.81. The number of anilines is 2. The highest BCUT2D eigenvalue weighted by atomic mass is 16.6. The zero-order valence-corrected chi connectivity index (χ0v) is 15.8. The Hall–Kier alpha value is -3.81. The summed E-state index contributed by atoms with van der Waals surface area (Å²) in [5.41, 5.74) is 2.00. The monoisotopic (exact) mass is 392 g/mol. The smallest absolute Gasteiger partial charge is 0.272 e. The van der Waals surface area contributed by atoms with Crippen LogP contribution in [0.15, 0.2) is 54.6 Å². The molecule has 0 saturated carbocycles. The molecule has 2 aromatic carbocycles. The molecule has 8 nitrogen and oxygen atoms in total. The quantitative estimate of drug-likeness (QED) is 0.666. The standard InChI is InChI=1S/C21H20N4O4/c1-27-16-5-2-14(3-6-16)13-22-21(26)17-7-9-20(25-24-17)23-15-4-8-18-19(12-15)29-11-10-28-18/h2-9,12H,10-11,13H2,1H3,(H,22,26)(H,23,25). The van der Waals surface area contributed by atoms with Crippen molar-refractivity contribution in [2.45, 2.75) is 6.54 Å². The van der Waals surface area contributed by atoms with E-state index in [1.807, 2.05) is 42.5 Å². The van der Waals surface area contributed by atoms with Gasteiger partial charge in [-0.05, 0) is 42.0 Å². The Labute approximate surface area is 167 Å². The second-order valence-corrected chi connectivity index (χ2v) is 6.32. The lowest BCUT2D eigenvalue weighted by Gasteiger charge is -2.19. The summed E-state index contributed by atoms with van der Waals surface area (Å²) in [4.78, 5) is 12.3. The van der Waals surface area contributed by atoms with Crippen molar-refractivity contribution >= 4 is 17.4 Å². The molecule has 0 aliphatic carbocycles. The Kier molecular flexibility index (Phi) is 5.42. The van der Waals surface area contributed by atoms with E-state index in [4.69, 9.17) is 14.2 Å². The van der Waals surface area contributed by atoms with Crippen LogP contribution in [0.5, 0.6) is 17.2 Å². The number of amides is 1. The molecule has 0 unspecified atom stereocenters. The number of nitrogens with one attached hydrogen (secondary N) is 2. The molecule has 0 bridgehead atoms. The van der Waals surface area contributed by atoms with Crippen molar-refractivity contribution in [3.8, 4) is 17.2 Å². The molecule has 1 amide bonds. The Morgan fingerprint density at radius 3 is 2.52 bits per heavy atom. The molecule has 8 heteroatoms. The van der Waals surface area contributed by atoms with Crippen LogP contribution in [0.2, 0.25) is 0 Å². The Morgan fingerprint density at radius 1 is 1.00 bits per heavy atom. The molecule has 0 fully saturated rings. The van der Waals surface area contributed by atoms with E-state index in [2.05, 4.69) is 20.8 Å². The molecule has 0 spiro atoms. The van der Waals surface area contributed by atoms with Crippen LogP contribution in [0.4, 0.5) is 11.5 Å². The number of ether oxygens (including phenoxy) is 3. The molecule has 2 N–H and O–H groups in total. The number of aromatic nitrogens is 2. The normalized spacial score (nSPS) is 12.2. The van der Waals surface area contributed by atoms with Gasteiger partial charge in [-0.3, -0.25) is 4.79 Å². The van der Waals surface area contributed by atoms with Crippen LogP contribution in [0.3, 0.4) is 0 Å². The summed E-state index contributed by atoms with van der Waals surface area (Å²) >= 11 is 0. The molecule has 0 radical (unpaired) electrons. The molecule has 4 rings (SSSR count). The van der Waals surface area contributed by atoms with Gasteiger partial charge in [0.15, 0.2) is 23.0 Å². The zero-order chi connectivity index (χ0) is 20.1. The third-order valence-electron chi connectivity index (χ3n) is 4.32. The van der Waals surface area contributed by atoms with Gasteiger partial charge in [-0.1, -0.05) is 12.1 Å². The van der Waals surface area contributed by atoms with Crippen LogP contribution in [-0.2, 0) is 6.54 Å². The van der Waals surface area contributed by atoms with Crippen molar-refractivity contribution in [3.63, 3.8) is 0 Å². The largest absolute Gasteiger partial charge is 0.497 e. The third kappa shape index (κ3) is 4.55. The fourth-order valence-electron chi connectivity index (χ4n) is 2.81. The first-order valence-electron chi connectivity index (χ1n) is 9.13. The molecule has 3 aromatic rings. The van der Waals surface area contributed by atoms with Gasteiger partial charge in [-0.25, -0.2) is 0 Å². The van der Waals surface area contributed by atoms with E-state index < -0.39 is 0 Å². The molecule has 0 saturated heterocycles. The number of carbonyl (C=O) groups excluding carboxylic acids is 1. The molecule has 1 aliphatic heterocycles. The first-order valence-corrected chi connectivity index (χ1v) is 9.13. The number of fused-ring (bicyclic) bond motifs is 1. The lowest BCUT2D eigenvalue weighted by molar-refractivity contribution is 0.0945. The lowest BCUT2D eigenvalue weighted by atomic mass is 10.2. The number of hydrogen-bond acceptors (Lipinski definition) is 7. The highest BCUT2D eigenvalue weighted by Crippen LogP contribution is 2.33. The lowest BCUT2D eigenvalue weighted by Crippen LogP contribution is -2.24. The number of hydrogen-bond donors (Lipinski definition) is 2. The van der Waals surface area contributed by atoms with Crippen molar-refractivity contribution in [1.29, 1.82) is 0 Å². The predicted octanol–water partition coefficient (Wildman–Crippen LogP) is 2.93.